The van der Waals surface area contributed by atoms with Gasteiger partial charge in [0.05, 0.1) is 0 Å². The van der Waals surface area contributed by atoms with Crippen LogP contribution in [0, 0.1) is 0 Å². The Kier molecular flexibility index (Phi) is 12.6. The van der Waals surface area contributed by atoms with E-state index in [0.717, 1.165) is 31.4 Å². The minimum atomic E-state index is -1.44. The van der Waals surface area contributed by atoms with Crippen LogP contribution in [0.3, 0.4) is 0 Å². The Balaban J connectivity index is 1.94. The van der Waals surface area contributed by atoms with Crippen LogP contribution in [-0.2, 0) is 47.7 Å². The second-order valence-electron chi connectivity index (χ2n) is 10.0. The summed E-state index contributed by atoms with van der Waals surface area (Å²) < 4.78 is 27.4. The van der Waals surface area contributed by atoms with Crippen molar-refractivity contribution >= 4 is 48.3 Å². The summed E-state index contributed by atoms with van der Waals surface area (Å²) in [6, 6.07) is 18.7. The van der Waals surface area contributed by atoms with Crippen LogP contribution in [0.15, 0.2) is 60.7 Å². The first-order valence-corrected chi connectivity index (χ1v) is 15.4. The zero-order valence-electron chi connectivity index (χ0n) is 24.9. The second kappa shape index (κ2) is 16.1. The fourth-order valence-corrected chi connectivity index (χ4v) is 7.79. The molecule has 2 aromatic rings. The molecule has 1 aliphatic heterocycles. The maximum atomic E-state index is 13.7. The van der Waals surface area contributed by atoms with Gasteiger partial charge in [-0.05, 0) is 30.6 Å². The van der Waals surface area contributed by atoms with Crippen molar-refractivity contribution in [3.63, 3.8) is 0 Å². The number of ether oxygens (including phenoxy) is 5. The first-order chi connectivity index (χ1) is 20.5. The Morgan fingerprint density at radius 3 is 1.74 bits per heavy atom. The molecule has 3 rings (SSSR count). The third kappa shape index (κ3) is 9.86. The minimum absolute atomic E-state index is 0.0790. The second-order valence-corrected chi connectivity index (χ2v) is 12.5. The summed E-state index contributed by atoms with van der Waals surface area (Å²) >= 11 is 0. The molecule has 0 aliphatic carbocycles. The smallest absolute Gasteiger partial charge is 0.305 e. The molecule has 0 spiro atoms. The summed E-state index contributed by atoms with van der Waals surface area (Å²) in [6.07, 6.45) is -4.44. The number of benzene rings is 2. The summed E-state index contributed by atoms with van der Waals surface area (Å²) in [5.74, 6) is -3.23. The molecule has 11 nitrogen and oxygen atoms in total. The van der Waals surface area contributed by atoms with Crippen LogP contribution in [0.5, 0.6) is 0 Å². The van der Waals surface area contributed by atoms with Gasteiger partial charge in [0.25, 0.3) is 0 Å². The first-order valence-electron chi connectivity index (χ1n) is 14.0. The van der Waals surface area contributed by atoms with E-state index in [1.165, 1.54) is 6.92 Å². The molecule has 1 amide bonds. The van der Waals surface area contributed by atoms with Gasteiger partial charge in [0.2, 0.25) is 12.2 Å². The molecule has 2 aromatic carbocycles. The highest BCUT2D eigenvalue weighted by Crippen LogP contribution is 2.43. The number of amides is 1. The van der Waals surface area contributed by atoms with E-state index in [9.17, 15) is 24.0 Å². The summed E-state index contributed by atoms with van der Waals surface area (Å²) in [7, 11) is -0.940. The molecule has 0 radical (unpaired) electrons. The van der Waals surface area contributed by atoms with E-state index in [-0.39, 0.29) is 18.7 Å². The van der Waals surface area contributed by atoms with Crippen LogP contribution < -0.4 is 15.9 Å². The lowest BCUT2D eigenvalue weighted by atomic mass is 9.95. The monoisotopic (exact) mass is 615 g/mol. The Morgan fingerprint density at radius 2 is 1.28 bits per heavy atom. The fourth-order valence-electron chi connectivity index (χ4n) is 4.95. The van der Waals surface area contributed by atoms with E-state index in [2.05, 4.69) is 29.6 Å². The highest BCUT2D eigenvalue weighted by atomic mass is 31.1. The third-order valence-corrected chi connectivity index (χ3v) is 9.62. The highest BCUT2D eigenvalue weighted by molar-refractivity contribution is 7.73. The van der Waals surface area contributed by atoms with E-state index >= 15 is 0 Å². The van der Waals surface area contributed by atoms with Gasteiger partial charge in [-0.2, -0.15) is 0 Å². The molecular weight excluding hydrogens is 577 g/mol. The van der Waals surface area contributed by atoms with E-state index in [1.54, 1.807) is 0 Å². The SMILES string of the molecule is CC[C@@H](CC(=O)N[C@H]1[C@H](OC(C)=O)O[C@H](COC(C)=O)[C@@H](OC(C)=O)[C@@H]1OC(C)=O)P(c1ccccc1)c1ccccc1. The van der Waals surface area contributed by atoms with Crippen molar-refractivity contribution < 1.29 is 47.7 Å². The topological polar surface area (TPSA) is 144 Å². The number of rotatable bonds is 12. The van der Waals surface area contributed by atoms with Crippen molar-refractivity contribution in [1.82, 2.24) is 5.32 Å². The normalized spacial score (nSPS) is 22.1. The number of nitrogens with one attached hydrogen (secondary N) is 1. The first kappa shape index (κ1) is 33.7. The van der Waals surface area contributed by atoms with Crippen molar-refractivity contribution in [3.8, 4) is 0 Å². The van der Waals surface area contributed by atoms with Crippen molar-refractivity contribution in [3.05, 3.63) is 60.7 Å². The van der Waals surface area contributed by atoms with Crippen LogP contribution in [0.1, 0.15) is 47.5 Å². The Hall–Kier alpha value is -3.82. The van der Waals surface area contributed by atoms with Crippen molar-refractivity contribution in [1.29, 1.82) is 0 Å². The summed E-state index contributed by atoms with van der Waals surface area (Å²) in [5.41, 5.74) is -0.0790. The van der Waals surface area contributed by atoms with Crippen LogP contribution in [-0.4, -0.2) is 72.7 Å². The fraction of sp³-hybridized carbons (Fsp3) is 0.452. The van der Waals surface area contributed by atoms with Gasteiger partial charge < -0.3 is 29.0 Å². The average Bonchev–Trinajstić information content (AvgIpc) is 2.95. The van der Waals surface area contributed by atoms with Crippen LogP contribution in [0.4, 0.5) is 0 Å². The van der Waals surface area contributed by atoms with Gasteiger partial charge >= 0.3 is 23.9 Å². The number of hydrogen-bond acceptors (Lipinski definition) is 10. The standard InChI is InChI=1S/C31H38NO10P/c1-6-23(43(24-13-9-7-10-14-24)25-15-11-8-12-16-25)17-27(37)32-28-30(40-21(4)35)29(39-20(3)34)26(18-38-19(2)33)42-31(28)41-22(5)36/h7-16,23,26,28-31H,6,17-18H2,1-5H3,(H,32,37)/t23-,26+,28+,29+,30+,31+/m0/s1. The van der Waals surface area contributed by atoms with Gasteiger partial charge in [-0.1, -0.05) is 67.6 Å². The number of esters is 4. The van der Waals surface area contributed by atoms with E-state index < -0.39 is 68.3 Å². The van der Waals surface area contributed by atoms with E-state index in [4.69, 9.17) is 23.7 Å². The van der Waals surface area contributed by atoms with Crippen molar-refractivity contribution in [2.45, 2.75) is 83.8 Å². The predicted molar refractivity (Wildman–Crippen MR) is 158 cm³/mol. The molecule has 0 saturated carbocycles. The van der Waals surface area contributed by atoms with Crippen LogP contribution >= 0.6 is 7.92 Å². The minimum Gasteiger partial charge on any atom is -0.463 e. The summed E-state index contributed by atoms with van der Waals surface area (Å²) in [4.78, 5) is 61.5. The molecule has 6 atom stereocenters. The highest BCUT2D eigenvalue weighted by Gasteiger charge is 2.52. The van der Waals surface area contributed by atoms with Gasteiger partial charge in [-0.15, -0.1) is 0 Å². The lowest BCUT2D eigenvalue weighted by Crippen LogP contribution is -2.67. The molecule has 0 aromatic heterocycles. The lowest BCUT2D eigenvalue weighted by molar-refractivity contribution is -0.271. The van der Waals surface area contributed by atoms with E-state index in [1.807, 2.05) is 43.3 Å². The van der Waals surface area contributed by atoms with Crippen LogP contribution in [0.25, 0.3) is 0 Å². The largest absolute Gasteiger partial charge is 0.463 e. The molecule has 43 heavy (non-hydrogen) atoms. The molecule has 1 heterocycles. The molecular formula is C31H38NO10P. The molecule has 1 fully saturated rings. The zero-order valence-corrected chi connectivity index (χ0v) is 25.8. The molecule has 232 valence electrons. The average molecular weight is 616 g/mol. The summed E-state index contributed by atoms with van der Waals surface area (Å²) in [6.45, 7) is 6.27. The maximum Gasteiger partial charge on any atom is 0.305 e. The molecule has 0 unspecified atom stereocenters. The molecule has 1 saturated heterocycles. The van der Waals surface area contributed by atoms with Gasteiger partial charge in [-0.3, -0.25) is 24.0 Å². The lowest BCUT2D eigenvalue weighted by Gasteiger charge is -2.44. The van der Waals surface area contributed by atoms with Gasteiger partial charge in [0.1, 0.15) is 18.8 Å². The molecule has 12 heteroatoms. The number of carbonyl (C=O) groups is 5. The Labute approximate surface area is 252 Å². The van der Waals surface area contributed by atoms with Gasteiger partial charge in [-0.25, -0.2) is 0 Å². The molecule has 0 bridgehead atoms. The molecule has 1 N–H and O–H groups in total. The number of carbonyl (C=O) groups excluding carboxylic acids is 5. The molecule has 1 aliphatic rings. The quantitative estimate of drug-likeness (QED) is 0.215. The van der Waals surface area contributed by atoms with Crippen molar-refractivity contribution in [2.24, 2.45) is 0 Å². The Bertz CT molecular complexity index is 1220. The Morgan fingerprint density at radius 1 is 0.767 bits per heavy atom. The van der Waals surface area contributed by atoms with Gasteiger partial charge in [0.15, 0.2) is 12.2 Å². The van der Waals surface area contributed by atoms with Crippen LogP contribution in [0.2, 0.25) is 0 Å². The third-order valence-electron chi connectivity index (χ3n) is 6.64. The van der Waals surface area contributed by atoms with Gasteiger partial charge in [0, 0.05) is 34.1 Å². The number of hydrogen-bond donors (Lipinski definition) is 1. The maximum absolute atomic E-state index is 13.7. The predicted octanol–water partition coefficient (Wildman–Crippen LogP) is 2.49. The summed E-state index contributed by atoms with van der Waals surface area (Å²) in [5, 5.41) is 5.06. The zero-order chi connectivity index (χ0) is 31.5. The van der Waals surface area contributed by atoms with Crippen molar-refractivity contribution in [2.75, 3.05) is 6.61 Å². The van der Waals surface area contributed by atoms with E-state index in [0.29, 0.717) is 6.42 Å².